The van der Waals surface area contributed by atoms with E-state index in [2.05, 4.69) is 0 Å². The van der Waals surface area contributed by atoms with Gasteiger partial charge in [-0.15, -0.1) is 11.3 Å². The van der Waals surface area contributed by atoms with Crippen molar-refractivity contribution in [3.8, 4) is 5.75 Å². The third-order valence-electron chi connectivity index (χ3n) is 1.84. The molecule has 4 nitrogen and oxygen atoms in total. The first-order valence-electron chi connectivity index (χ1n) is 3.64. The average molecular weight is 230 g/mol. The Morgan fingerprint density at radius 2 is 2.21 bits per heavy atom. The van der Waals surface area contributed by atoms with E-state index < -0.39 is 4.92 Å². The molecular weight excluding hydrogens is 226 g/mol. The van der Waals surface area contributed by atoms with Crippen LogP contribution in [0.15, 0.2) is 17.5 Å². The molecule has 0 aliphatic carbocycles. The molecule has 0 amide bonds. The summed E-state index contributed by atoms with van der Waals surface area (Å²) >= 11 is 6.86. The van der Waals surface area contributed by atoms with Crippen molar-refractivity contribution in [1.82, 2.24) is 0 Å². The lowest BCUT2D eigenvalue weighted by Gasteiger charge is -1.97. The number of nitrogens with zero attached hydrogens (tertiary/aromatic N) is 1. The van der Waals surface area contributed by atoms with E-state index in [4.69, 9.17) is 11.6 Å². The minimum Gasteiger partial charge on any atom is -0.505 e. The van der Waals surface area contributed by atoms with Crippen LogP contribution in [-0.2, 0) is 0 Å². The number of thiophene rings is 1. The number of phenolic OH excluding ortho intramolecular Hbond substituents is 1. The summed E-state index contributed by atoms with van der Waals surface area (Å²) in [5.74, 6) is -0.225. The highest BCUT2D eigenvalue weighted by atomic mass is 35.5. The van der Waals surface area contributed by atoms with Crippen molar-refractivity contribution in [1.29, 1.82) is 0 Å². The van der Waals surface area contributed by atoms with Crippen molar-refractivity contribution in [2.75, 3.05) is 0 Å². The summed E-state index contributed by atoms with van der Waals surface area (Å²) in [4.78, 5) is 10.1. The first kappa shape index (κ1) is 9.23. The highest BCUT2D eigenvalue weighted by Gasteiger charge is 2.19. The molecule has 0 radical (unpaired) electrons. The second-order valence-electron chi connectivity index (χ2n) is 2.65. The molecule has 6 heteroatoms. The van der Waals surface area contributed by atoms with Gasteiger partial charge in [0.05, 0.1) is 15.3 Å². The van der Waals surface area contributed by atoms with Gasteiger partial charge in [-0.1, -0.05) is 11.6 Å². The molecule has 1 aromatic carbocycles. The largest absolute Gasteiger partial charge is 0.505 e. The van der Waals surface area contributed by atoms with Crippen molar-refractivity contribution in [3.63, 3.8) is 0 Å². The minimum absolute atomic E-state index is 0.106. The lowest BCUT2D eigenvalue weighted by Crippen LogP contribution is -1.85. The molecule has 1 aromatic heterocycles. The van der Waals surface area contributed by atoms with E-state index in [1.54, 1.807) is 6.07 Å². The molecule has 0 spiro atoms. The maximum Gasteiger partial charge on any atom is 0.291 e. The maximum absolute atomic E-state index is 10.6. The number of fused-ring (bicyclic) bond motifs is 1. The van der Waals surface area contributed by atoms with Crippen molar-refractivity contribution in [2.45, 2.75) is 0 Å². The standard InChI is InChI=1S/C8H4ClNO3S/c9-4-1-2-6-7(8(4)11)5(3-14-6)10(12)13/h1-3,11H. The second-order valence-corrected chi connectivity index (χ2v) is 3.97. The minimum atomic E-state index is -0.533. The summed E-state index contributed by atoms with van der Waals surface area (Å²) in [7, 11) is 0. The molecule has 2 rings (SSSR count). The van der Waals surface area contributed by atoms with Gasteiger partial charge in [-0.2, -0.15) is 0 Å². The smallest absolute Gasteiger partial charge is 0.291 e. The van der Waals surface area contributed by atoms with Gasteiger partial charge < -0.3 is 5.11 Å². The predicted octanol–water partition coefficient (Wildman–Crippen LogP) is 3.17. The molecule has 1 N–H and O–H groups in total. The van der Waals surface area contributed by atoms with Crippen LogP contribution in [0.3, 0.4) is 0 Å². The Hall–Kier alpha value is -1.33. The summed E-state index contributed by atoms with van der Waals surface area (Å²) in [6.07, 6.45) is 0. The first-order chi connectivity index (χ1) is 6.61. The third-order valence-corrected chi connectivity index (χ3v) is 3.08. The number of phenols is 1. The number of benzene rings is 1. The van der Waals surface area contributed by atoms with Crippen molar-refractivity contribution in [3.05, 3.63) is 32.6 Å². The van der Waals surface area contributed by atoms with Gasteiger partial charge in [0.25, 0.3) is 5.69 Å². The van der Waals surface area contributed by atoms with Crippen LogP contribution >= 0.6 is 22.9 Å². The van der Waals surface area contributed by atoms with Gasteiger partial charge in [-0.25, -0.2) is 0 Å². The molecular formula is C8H4ClNO3S. The Kier molecular flexibility index (Phi) is 2.05. The van der Waals surface area contributed by atoms with Gasteiger partial charge in [0.15, 0.2) is 0 Å². The lowest BCUT2D eigenvalue weighted by atomic mass is 10.2. The molecule has 1 heterocycles. The quantitative estimate of drug-likeness (QED) is 0.603. The van der Waals surface area contributed by atoms with E-state index in [0.29, 0.717) is 4.70 Å². The summed E-state index contributed by atoms with van der Waals surface area (Å²) in [5.41, 5.74) is -0.106. The molecule has 0 unspecified atom stereocenters. The van der Waals surface area contributed by atoms with E-state index in [1.807, 2.05) is 0 Å². The molecule has 14 heavy (non-hydrogen) atoms. The fourth-order valence-electron chi connectivity index (χ4n) is 1.21. The fourth-order valence-corrected chi connectivity index (χ4v) is 2.27. The Labute approximate surface area is 87.5 Å². The molecule has 0 aliphatic heterocycles. The summed E-state index contributed by atoms with van der Waals surface area (Å²) in [6, 6.07) is 3.16. The van der Waals surface area contributed by atoms with Crippen LogP contribution in [0.5, 0.6) is 5.75 Å². The zero-order valence-electron chi connectivity index (χ0n) is 6.73. The van der Waals surface area contributed by atoms with Crippen LogP contribution in [0.1, 0.15) is 0 Å². The van der Waals surface area contributed by atoms with Crippen LogP contribution in [0, 0.1) is 10.1 Å². The molecule has 0 bridgehead atoms. The predicted molar refractivity (Wildman–Crippen MR) is 55.2 cm³/mol. The first-order valence-corrected chi connectivity index (χ1v) is 4.90. The molecule has 0 saturated carbocycles. The summed E-state index contributed by atoms with van der Waals surface area (Å²) in [6.45, 7) is 0. The number of rotatable bonds is 1. The molecule has 0 atom stereocenters. The van der Waals surface area contributed by atoms with Crippen LogP contribution in [0.25, 0.3) is 10.1 Å². The van der Waals surface area contributed by atoms with E-state index in [0.717, 1.165) is 0 Å². The van der Waals surface area contributed by atoms with Crippen molar-refractivity contribution < 1.29 is 10.0 Å². The Balaban J connectivity index is 2.89. The summed E-state index contributed by atoms with van der Waals surface area (Å²) < 4.78 is 0.651. The van der Waals surface area contributed by atoms with E-state index >= 15 is 0 Å². The van der Waals surface area contributed by atoms with E-state index in [-0.39, 0.29) is 21.8 Å². The van der Waals surface area contributed by atoms with Crippen LogP contribution in [0.4, 0.5) is 5.69 Å². The summed E-state index contributed by atoms with van der Waals surface area (Å²) in [5, 5.41) is 21.9. The average Bonchev–Trinajstić information content (AvgIpc) is 2.55. The SMILES string of the molecule is O=[N+]([O-])c1csc2ccc(Cl)c(O)c12. The van der Waals surface area contributed by atoms with Gasteiger partial charge in [0.1, 0.15) is 11.1 Å². The molecule has 0 saturated heterocycles. The Morgan fingerprint density at radius 3 is 2.86 bits per heavy atom. The van der Waals surface area contributed by atoms with E-state index in [1.165, 1.54) is 22.8 Å². The number of nitro groups is 1. The Morgan fingerprint density at radius 1 is 1.50 bits per heavy atom. The van der Waals surface area contributed by atoms with Gasteiger partial charge in [-0.3, -0.25) is 10.1 Å². The van der Waals surface area contributed by atoms with Gasteiger partial charge in [-0.05, 0) is 12.1 Å². The number of hydrogen-bond acceptors (Lipinski definition) is 4. The molecule has 0 fully saturated rings. The van der Waals surface area contributed by atoms with Crippen LogP contribution < -0.4 is 0 Å². The molecule has 2 aromatic rings. The van der Waals surface area contributed by atoms with Crippen LogP contribution in [0.2, 0.25) is 5.02 Å². The van der Waals surface area contributed by atoms with Gasteiger partial charge in [0, 0.05) is 4.70 Å². The highest BCUT2D eigenvalue weighted by molar-refractivity contribution is 7.17. The normalized spacial score (nSPS) is 10.6. The molecule has 72 valence electrons. The fraction of sp³-hybridized carbons (Fsp3) is 0. The zero-order valence-corrected chi connectivity index (χ0v) is 8.30. The maximum atomic E-state index is 10.6. The second kappa shape index (κ2) is 3.11. The number of hydrogen-bond donors (Lipinski definition) is 1. The lowest BCUT2D eigenvalue weighted by molar-refractivity contribution is -0.382. The Bertz CT molecular complexity index is 523. The van der Waals surface area contributed by atoms with Crippen molar-refractivity contribution >= 4 is 38.7 Å². The van der Waals surface area contributed by atoms with Gasteiger partial charge >= 0.3 is 0 Å². The molecule has 0 aliphatic rings. The van der Waals surface area contributed by atoms with E-state index in [9.17, 15) is 15.2 Å². The topological polar surface area (TPSA) is 63.4 Å². The number of aromatic hydroxyl groups is 1. The third kappa shape index (κ3) is 1.21. The number of halogens is 1. The van der Waals surface area contributed by atoms with Gasteiger partial charge in [0.2, 0.25) is 0 Å². The highest BCUT2D eigenvalue weighted by Crippen LogP contribution is 2.41. The van der Waals surface area contributed by atoms with Crippen molar-refractivity contribution in [2.24, 2.45) is 0 Å². The van der Waals surface area contributed by atoms with Crippen LogP contribution in [-0.4, -0.2) is 10.0 Å². The monoisotopic (exact) mass is 229 g/mol. The zero-order chi connectivity index (χ0) is 10.3.